The SMILES string of the molecule is Cc1ccc(C(=O)N2CCCC(CCl)C2)cc1O. The summed E-state index contributed by atoms with van der Waals surface area (Å²) in [5, 5.41) is 9.65. The molecule has 1 heterocycles. The first-order chi connectivity index (χ1) is 8.61. The van der Waals surface area contributed by atoms with E-state index in [1.807, 2.05) is 11.8 Å². The lowest BCUT2D eigenvalue weighted by Gasteiger charge is -2.32. The van der Waals surface area contributed by atoms with Crippen LogP contribution in [0, 0.1) is 12.8 Å². The normalized spacial score (nSPS) is 19.9. The second-order valence-corrected chi connectivity index (χ2v) is 5.22. The third-order valence-electron chi connectivity index (χ3n) is 3.48. The molecule has 1 aliphatic rings. The van der Waals surface area contributed by atoms with Gasteiger partial charge in [0.25, 0.3) is 5.91 Å². The minimum absolute atomic E-state index is 0.0138. The zero-order valence-electron chi connectivity index (χ0n) is 10.5. The van der Waals surface area contributed by atoms with Crippen molar-refractivity contribution in [1.82, 2.24) is 4.90 Å². The predicted molar refractivity (Wildman–Crippen MR) is 72.2 cm³/mol. The molecule has 0 spiro atoms. The second-order valence-electron chi connectivity index (χ2n) is 4.91. The maximum atomic E-state index is 12.3. The molecule has 98 valence electrons. The van der Waals surface area contributed by atoms with Crippen LogP contribution in [-0.4, -0.2) is 34.9 Å². The third kappa shape index (κ3) is 2.78. The molecule has 1 unspecified atom stereocenters. The van der Waals surface area contributed by atoms with Gasteiger partial charge in [-0.1, -0.05) is 6.07 Å². The van der Waals surface area contributed by atoms with Crippen LogP contribution in [0.3, 0.4) is 0 Å². The lowest BCUT2D eigenvalue weighted by Crippen LogP contribution is -2.40. The molecule has 0 bridgehead atoms. The average molecular weight is 268 g/mol. The number of alkyl halides is 1. The van der Waals surface area contributed by atoms with Crippen LogP contribution >= 0.6 is 11.6 Å². The number of hydrogen-bond donors (Lipinski definition) is 1. The largest absolute Gasteiger partial charge is 0.508 e. The van der Waals surface area contributed by atoms with Gasteiger partial charge in [0.1, 0.15) is 5.75 Å². The van der Waals surface area contributed by atoms with Gasteiger partial charge in [0.05, 0.1) is 0 Å². The van der Waals surface area contributed by atoms with Crippen molar-refractivity contribution < 1.29 is 9.90 Å². The van der Waals surface area contributed by atoms with E-state index in [0.29, 0.717) is 17.4 Å². The smallest absolute Gasteiger partial charge is 0.253 e. The monoisotopic (exact) mass is 267 g/mol. The number of carbonyl (C=O) groups excluding carboxylic acids is 1. The van der Waals surface area contributed by atoms with Crippen LogP contribution in [0.1, 0.15) is 28.8 Å². The standard InChI is InChI=1S/C14H18ClNO2/c1-10-4-5-12(7-13(10)17)14(18)16-6-2-3-11(8-15)9-16/h4-5,7,11,17H,2-3,6,8-9H2,1H3. The molecule has 1 aromatic rings. The van der Waals surface area contributed by atoms with Gasteiger partial charge in [-0.3, -0.25) is 4.79 Å². The van der Waals surface area contributed by atoms with Crippen LogP contribution in [0.4, 0.5) is 0 Å². The van der Waals surface area contributed by atoms with Gasteiger partial charge in [-0.25, -0.2) is 0 Å². The molecular weight excluding hydrogens is 250 g/mol. The zero-order valence-corrected chi connectivity index (χ0v) is 11.3. The molecule has 1 N–H and O–H groups in total. The summed E-state index contributed by atoms with van der Waals surface area (Å²) in [6.45, 7) is 3.31. The highest BCUT2D eigenvalue weighted by molar-refractivity contribution is 6.18. The Morgan fingerprint density at radius 2 is 2.33 bits per heavy atom. The number of aryl methyl sites for hydroxylation is 1. The second kappa shape index (κ2) is 5.61. The number of phenolic OH excluding ortho intramolecular Hbond substituents is 1. The molecule has 2 rings (SSSR count). The summed E-state index contributed by atoms with van der Waals surface area (Å²) in [6.07, 6.45) is 2.09. The van der Waals surface area contributed by atoms with Crippen molar-refractivity contribution in [3.63, 3.8) is 0 Å². The number of rotatable bonds is 2. The molecule has 1 atom stereocenters. The minimum Gasteiger partial charge on any atom is -0.508 e. The van der Waals surface area contributed by atoms with Crippen LogP contribution in [0.25, 0.3) is 0 Å². The van der Waals surface area contributed by atoms with Gasteiger partial charge < -0.3 is 10.0 Å². The summed E-state index contributed by atoms with van der Waals surface area (Å²) < 4.78 is 0. The van der Waals surface area contributed by atoms with Crippen LogP contribution < -0.4 is 0 Å². The minimum atomic E-state index is -0.0138. The quantitative estimate of drug-likeness (QED) is 0.837. The maximum absolute atomic E-state index is 12.3. The van der Waals surface area contributed by atoms with E-state index in [9.17, 15) is 9.90 Å². The number of nitrogens with zero attached hydrogens (tertiary/aromatic N) is 1. The highest BCUT2D eigenvalue weighted by Crippen LogP contribution is 2.22. The van der Waals surface area contributed by atoms with Gasteiger partial charge in [-0.15, -0.1) is 11.6 Å². The van der Waals surface area contributed by atoms with E-state index in [0.717, 1.165) is 31.5 Å². The molecule has 1 fully saturated rings. The van der Waals surface area contributed by atoms with Gasteiger partial charge in [-0.2, -0.15) is 0 Å². The van der Waals surface area contributed by atoms with Crippen molar-refractivity contribution in [2.24, 2.45) is 5.92 Å². The van der Waals surface area contributed by atoms with Gasteiger partial charge in [0.2, 0.25) is 0 Å². The van der Waals surface area contributed by atoms with Gasteiger partial charge in [0.15, 0.2) is 0 Å². The number of likely N-dealkylation sites (tertiary alicyclic amines) is 1. The first-order valence-corrected chi connectivity index (χ1v) is 6.80. The van der Waals surface area contributed by atoms with E-state index in [-0.39, 0.29) is 11.7 Å². The van der Waals surface area contributed by atoms with Gasteiger partial charge >= 0.3 is 0 Å². The summed E-state index contributed by atoms with van der Waals surface area (Å²) in [4.78, 5) is 14.1. The van der Waals surface area contributed by atoms with Crippen molar-refractivity contribution in [1.29, 1.82) is 0 Å². The number of aromatic hydroxyl groups is 1. The molecule has 0 radical (unpaired) electrons. The van der Waals surface area contributed by atoms with Crippen LogP contribution in [0.15, 0.2) is 18.2 Å². The fourth-order valence-corrected chi connectivity index (χ4v) is 2.55. The maximum Gasteiger partial charge on any atom is 0.253 e. The van der Waals surface area contributed by atoms with E-state index in [4.69, 9.17) is 11.6 Å². The Morgan fingerprint density at radius 1 is 1.56 bits per heavy atom. The van der Waals surface area contributed by atoms with Crippen molar-refractivity contribution in [2.45, 2.75) is 19.8 Å². The number of phenols is 1. The lowest BCUT2D eigenvalue weighted by atomic mass is 9.99. The first kappa shape index (κ1) is 13.2. The van der Waals surface area contributed by atoms with Crippen LogP contribution in [0.2, 0.25) is 0 Å². The number of amides is 1. The van der Waals surface area contributed by atoms with E-state index in [2.05, 4.69) is 0 Å². The Balaban J connectivity index is 2.12. The third-order valence-corrected chi connectivity index (χ3v) is 3.92. The lowest BCUT2D eigenvalue weighted by molar-refractivity contribution is 0.0684. The van der Waals surface area contributed by atoms with Gasteiger partial charge in [0, 0.05) is 24.5 Å². The van der Waals surface area contributed by atoms with E-state index in [1.165, 1.54) is 0 Å². The average Bonchev–Trinajstić information content (AvgIpc) is 2.41. The molecule has 1 aliphatic heterocycles. The molecule has 1 saturated heterocycles. The number of halogens is 1. The highest BCUT2D eigenvalue weighted by Gasteiger charge is 2.24. The van der Waals surface area contributed by atoms with Crippen molar-refractivity contribution >= 4 is 17.5 Å². The fraction of sp³-hybridized carbons (Fsp3) is 0.500. The van der Waals surface area contributed by atoms with Crippen molar-refractivity contribution in [2.75, 3.05) is 19.0 Å². The molecule has 18 heavy (non-hydrogen) atoms. The zero-order chi connectivity index (χ0) is 13.1. The van der Waals surface area contributed by atoms with E-state index >= 15 is 0 Å². The first-order valence-electron chi connectivity index (χ1n) is 6.26. The Bertz CT molecular complexity index is 447. The summed E-state index contributed by atoms with van der Waals surface area (Å²) in [6, 6.07) is 5.08. The molecule has 3 nitrogen and oxygen atoms in total. The molecule has 1 aromatic carbocycles. The summed E-state index contributed by atoms with van der Waals surface area (Å²) in [7, 11) is 0. The van der Waals surface area contributed by atoms with E-state index < -0.39 is 0 Å². The number of hydrogen-bond acceptors (Lipinski definition) is 2. The van der Waals surface area contributed by atoms with Crippen molar-refractivity contribution in [3.05, 3.63) is 29.3 Å². The molecule has 1 amide bonds. The summed E-state index contributed by atoms with van der Waals surface area (Å²) >= 11 is 5.86. The summed E-state index contributed by atoms with van der Waals surface area (Å²) in [5.74, 6) is 1.15. The predicted octanol–water partition coefficient (Wildman–Crippen LogP) is 2.79. The summed E-state index contributed by atoms with van der Waals surface area (Å²) in [5.41, 5.74) is 1.33. The fourth-order valence-electron chi connectivity index (χ4n) is 2.30. The Morgan fingerprint density at radius 3 is 3.00 bits per heavy atom. The highest BCUT2D eigenvalue weighted by atomic mass is 35.5. The molecule has 0 aromatic heterocycles. The Labute approximate surface area is 112 Å². The van der Waals surface area contributed by atoms with Gasteiger partial charge in [-0.05, 0) is 43.4 Å². The molecule has 0 aliphatic carbocycles. The Hall–Kier alpha value is -1.22. The van der Waals surface area contributed by atoms with Crippen LogP contribution in [0.5, 0.6) is 5.75 Å². The number of benzene rings is 1. The number of piperidine rings is 1. The number of carbonyl (C=O) groups is 1. The van der Waals surface area contributed by atoms with Crippen molar-refractivity contribution in [3.8, 4) is 5.75 Å². The Kier molecular flexibility index (Phi) is 4.12. The van der Waals surface area contributed by atoms with E-state index in [1.54, 1.807) is 18.2 Å². The van der Waals surface area contributed by atoms with Crippen LogP contribution in [-0.2, 0) is 0 Å². The molecule has 0 saturated carbocycles. The molecule has 4 heteroatoms. The topological polar surface area (TPSA) is 40.5 Å². The molecular formula is C14H18ClNO2.